The standard InChI is InChI=1S/C34H30O4/c1-23(30(32(35)37-2)33(36)38-3)29-27-21-13-14-22-28(27)34(25-17-9-5-10-18-25,26-19-11-6-12-20-26)31(29)24-15-7-4-8-16-24/h4-23,30H,1-3H3. The maximum Gasteiger partial charge on any atom is 0.320 e. The summed E-state index contributed by atoms with van der Waals surface area (Å²) in [5.74, 6) is -2.87. The van der Waals surface area contributed by atoms with Crippen molar-refractivity contribution in [1.29, 1.82) is 0 Å². The Labute approximate surface area is 223 Å². The summed E-state index contributed by atoms with van der Waals surface area (Å²) >= 11 is 0. The molecule has 0 aliphatic heterocycles. The second-order valence-electron chi connectivity index (χ2n) is 9.50. The van der Waals surface area contributed by atoms with Gasteiger partial charge in [0.25, 0.3) is 0 Å². The monoisotopic (exact) mass is 502 g/mol. The molecule has 0 heterocycles. The molecular formula is C34H30O4. The Kier molecular flexibility index (Phi) is 6.97. The SMILES string of the molecule is COC(=O)C(C(=O)OC)C(C)C1=C(c2ccccc2)C(c2ccccc2)(c2ccccc2)c2ccccc21. The lowest BCUT2D eigenvalue weighted by molar-refractivity contribution is -0.160. The number of hydrogen-bond donors (Lipinski definition) is 0. The van der Waals surface area contributed by atoms with Gasteiger partial charge in [-0.2, -0.15) is 0 Å². The number of allylic oxidation sites excluding steroid dienone is 2. The van der Waals surface area contributed by atoms with Gasteiger partial charge in [-0.3, -0.25) is 9.59 Å². The van der Waals surface area contributed by atoms with E-state index in [1.807, 2.05) is 49.4 Å². The van der Waals surface area contributed by atoms with Gasteiger partial charge in [0.05, 0.1) is 19.6 Å². The molecular weight excluding hydrogens is 472 g/mol. The molecule has 0 saturated carbocycles. The average Bonchev–Trinajstić information content (AvgIpc) is 3.30. The molecule has 1 atom stereocenters. The van der Waals surface area contributed by atoms with Gasteiger partial charge in [-0.25, -0.2) is 0 Å². The van der Waals surface area contributed by atoms with Crippen LogP contribution in [0.5, 0.6) is 0 Å². The number of rotatable bonds is 7. The molecule has 4 nitrogen and oxygen atoms in total. The maximum atomic E-state index is 13.0. The van der Waals surface area contributed by atoms with E-state index in [0.717, 1.165) is 39.0 Å². The first-order chi connectivity index (χ1) is 18.6. The van der Waals surface area contributed by atoms with Gasteiger partial charge in [0.2, 0.25) is 0 Å². The predicted molar refractivity (Wildman–Crippen MR) is 149 cm³/mol. The van der Waals surface area contributed by atoms with Crippen molar-refractivity contribution in [2.75, 3.05) is 14.2 Å². The molecule has 1 aliphatic rings. The summed E-state index contributed by atoms with van der Waals surface area (Å²) in [5, 5.41) is 0. The Balaban J connectivity index is 1.96. The minimum absolute atomic E-state index is 0.527. The van der Waals surface area contributed by atoms with Gasteiger partial charge in [0.1, 0.15) is 0 Å². The summed E-state index contributed by atoms with van der Waals surface area (Å²) in [6, 6.07) is 39.4. The third kappa shape index (κ3) is 3.93. The third-order valence-corrected chi connectivity index (χ3v) is 7.61. The molecule has 0 saturated heterocycles. The molecule has 190 valence electrons. The van der Waals surface area contributed by atoms with Crippen LogP contribution in [0.4, 0.5) is 0 Å². The van der Waals surface area contributed by atoms with Crippen LogP contribution in [0.2, 0.25) is 0 Å². The van der Waals surface area contributed by atoms with Gasteiger partial charge in [-0.1, -0.05) is 122 Å². The van der Waals surface area contributed by atoms with Crippen LogP contribution >= 0.6 is 0 Å². The van der Waals surface area contributed by atoms with Crippen molar-refractivity contribution in [1.82, 2.24) is 0 Å². The van der Waals surface area contributed by atoms with Crippen LogP contribution in [0.1, 0.15) is 34.7 Å². The number of benzene rings is 4. The van der Waals surface area contributed by atoms with Crippen LogP contribution in [-0.4, -0.2) is 26.2 Å². The number of carbonyl (C=O) groups is 2. The average molecular weight is 503 g/mol. The minimum Gasteiger partial charge on any atom is -0.468 e. The van der Waals surface area contributed by atoms with Gasteiger partial charge in [-0.15, -0.1) is 0 Å². The van der Waals surface area contributed by atoms with E-state index in [9.17, 15) is 9.59 Å². The normalized spacial score (nSPS) is 14.6. The summed E-state index contributed by atoms with van der Waals surface area (Å²) < 4.78 is 10.2. The van der Waals surface area contributed by atoms with E-state index in [0.29, 0.717) is 0 Å². The highest BCUT2D eigenvalue weighted by Crippen LogP contribution is 2.60. The largest absolute Gasteiger partial charge is 0.468 e. The number of esters is 2. The first-order valence-electron chi connectivity index (χ1n) is 12.7. The Morgan fingerprint density at radius 1 is 0.632 bits per heavy atom. The van der Waals surface area contributed by atoms with Gasteiger partial charge >= 0.3 is 11.9 Å². The lowest BCUT2D eigenvalue weighted by Crippen LogP contribution is -2.33. The number of carbonyl (C=O) groups excluding carboxylic acids is 2. The quantitative estimate of drug-likeness (QED) is 0.213. The van der Waals surface area contributed by atoms with Crippen molar-refractivity contribution in [2.24, 2.45) is 11.8 Å². The molecule has 0 amide bonds. The van der Waals surface area contributed by atoms with Crippen molar-refractivity contribution in [3.63, 3.8) is 0 Å². The number of ether oxygens (including phenoxy) is 2. The summed E-state index contributed by atoms with van der Waals surface area (Å²) in [5.41, 5.74) is 6.63. The van der Waals surface area contributed by atoms with Crippen molar-refractivity contribution in [3.05, 3.63) is 143 Å². The van der Waals surface area contributed by atoms with Gasteiger partial charge in [0.15, 0.2) is 5.92 Å². The maximum absolute atomic E-state index is 13.0. The van der Waals surface area contributed by atoms with Gasteiger partial charge < -0.3 is 9.47 Å². The Morgan fingerprint density at radius 2 is 1.08 bits per heavy atom. The van der Waals surface area contributed by atoms with Crippen LogP contribution in [0.25, 0.3) is 11.1 Å². The summed E-state index contributed by atoms with van der Waals surface area (Å²) in [4.78, 5) is 26.0. The van der Waals surface area contributed by atoms with Crippen molar-refractivity contribution in [2.45, 2.75) is 12.3 Å². The van der Waals surface area contributed by atoms with E-state index in [2.05, 4.69) is 72.8 Å². The molecule has 0 aromatic heterocycles. The summed E-state index contributed by atoms with van der Waals surface area (Å²) in [7, 11) is 2.61. The molecule has 5 rings (SSSR count). The van der Waals surface area contributed by atoms with Crippen molar-refractivity contribution < 1.29 is 19.1 Å². The highest BCUT2D eigenvalue weighted by atomic mass is 16.5. The van der Waals surface area contributed by atoms with E-state index >= 15 is 0 Å². The zero-order valence-corrected chi connectivity index (χ0v) is 21.8. The van der Waals surface area contributed by atoms with Crippen LogP contribution in [0, 0.1) is 11.8 Å². The second-order valence-corrected chi connectivity index (χ2v) is 9.50. The molecule has 0 bridgehead atoms. The van der Waals surface area contributed by atoms with Crippen molar-refractivity contribution in [3.8, 4) is 0 Å². The zero-order valence-electron chi connectivity index (χ0n) is 21.8. The van der Waals surface area contributed by atoms with E-state index < -0.39 is 29.2 Å². The topological polar surface area (TPSA) is 52.6 Å². The first kappa shape index (κ1) is 25.2. The van der Waals surface area contributed by atoms with Crippen LogP contribution in [-0.2, 0) is 24.5 Å². The fourth-order valence-corrected chi connectivity index (χ4v) is 6.03. The van der Waals surface area contributed by atoms with E-state index in [1.165, 1.54) is 14.2 Å². The number of methoxy groups -OCH3 is 2. The second kappa shape index (κ2) is 10.5. The molecule has 1 aliphatic carbocycles. The molecule has 38 heavy (non-hydrogen) atoms. The summed E-state index contributed by atoms with van der Waals surface area (Å²) in [6.45, 7) is 1.92. The van der Waals surface area contributed by atoms with Crippen LogP contribution < -0.4 is 0 Å². The molecule has 0 radical (unpaired) electrons. The van der Waals surface area contributed by atoms with Gasteiger partial charge in [-0.05, 0) is 39.0 Å². The molecule has 4 aromatic rings. The number of hydrogen-bond acceptors (Lipinski definition) is 4. The smallest absolute Gasteiger partial charge is 0.320 e. The van der Waals surface area contributed by atoms with Crippen LogP contribution in [0.15, 0.2) is 115 Å². The zero-order chi connectivity index (χ0) is 26.7. The fourth-order valence-electron chi connectivity index (χ4n) is 6.03. The minimum atomic E-state index is -1.12. The highest BCUT2D eigenvalue weighted by molar-refractivity contribution is 6.08. The Morgan fingerprint density at radius 3 is 1.58 bits per heavy atom. The molecule has 4 heteroatoms. The first-order valence-corrected chi connectivity index (χ1v) is 12.7. The van der Waals surface area contributed by atoms with E-state index in [1.54, 1.807) is 0 Å². The molecule has 0 fully saturated rings. The Hall–Kier alpha value is -4.44. The molecule has 4 aromatic carbocycles. The molecule has 1 unspecified atom stereocenters. The summed E-state index contributed by atoms with van der Waals surface area (Å²) in [6.07, 6.45) is 0. The van der Waals surface area contributed by atoms with E-state index in [-0.39, 0.29) is 0 Å². The highest BCUT2D eigenvalue weighted by Gasteiger charge is 2.51. The number of fused-ring (bicyclic) bond motifs is 1. The molecule has 0 N–H and O–H groups in total. The lowest BCUT2D eigenvalue weighted by atomic mass is 9.65. The fraction of sp³-hybridized carbons (Fsp3) is 0.176. The van der Waals surface area contributed by atoms with Gasteiger partial charge in [0, 0.05) is 5.92 Å². The third-order valence-electron chi connectivity index (χ3n) is 7.61. The van der Waals surface area contributed by atoms with Crippen molar-refractivity contribution >= 4 is 23.1 Å². The predicted octanol–water partition coefficient (Wildman–Crippen LogP) is 6.54. The van der Waals surface area contributed by atoms with E-state index in [4.69, 9.17) is 9.47 Å². The lowest BCUT2D eigenvalue weighted by Gasteiger charge is -2.36. The Bertz CT molecular complexity index is 1420. The van der Waals surface area contributed by atoms with Crippen LogP contribution in [0.3, 0.4) is 0 Å². The molecule has 0 spiro atoms.